The lowest BCUT2D eigenvalue weighted by atomic mass is 9.93. The summed E-state index contributed by atoms with van der Waals surface area (Å²) < 4.78 is 1.32. The molecule has 0 saturated carbocycles. The Morgan fingerprint density at radius 1 is 1.35 bits per heavy atom. The first-order valence-electron chi connectivity index (χ1n) is 7.64. The molecule has 3 nitrogen and oxygen atoms in total. The van der Waals surface area contributed by atoms with Crippen molar-refractivity contribution in [2.75, 3.05) is 19.6 Å². The van der Waals surface area contributed by atoms with Crippen LogP contribution in [0.15, 0.2) is 24.3 Å². The molecule has 2 aliphatic rings. The van der Waals surface area contributed by atoms with Gasteiger partial charge in [0, 0.05) is 12.6 Å². The molecule has 106 valence electrons. The molecule has 1 aromatic carbocycles. The van der Waals surface area contributed by atoms with E-state index < -0.39 is 0 Å². The molecular formula is C16H21N3S. The Hall–Kier alpha value is -0.970. The van der Waals surface area contributed by atoms with Gasteiger partial charge >= 0.3 is 0 Å². The van der Waals surface area contributed by atoms with Crippen molar-refractivity contribution in [3.8, 4) is 0 Å². The summed E-state index contributed by atoms with van der Waals surface area (Å²) in [5.41, 5.74) is 1.15. The molecule has 1 N–H and O–H groups in total. The normalized spacial score (nSPS) is 30.1. The van der Waals surface area contributed by atoms with Crippen molar-refractivity contribution in [2.45, 2.75) is 25.9 Å². The molecule has 0 radical (unpaired) electrons. The van der Waals surface area contributed by atoms with Crippen LogP contribution in [0.4, 0.5) is 0 Å². The Morgan fingerprint density at radius 2 is 2.25 bits per heavy atom. The maximum atomic E-state index is 4.80. The minimum absolute atomic E-state index is 0.738. The van der Waals surface area contributed by atoms with Gasteiger partial charge in [-0.25, -0.2) is 4.98 Å². The molecule has 2 saturated heterocycles. The summed E-state index contributed by atoms with van der Waals surface area (Å²) in [7, 11) is 0. The topological polar surface area (TPSA) is 28.2 Å². The Bertz CT molecular complexity index is 576. The van der Waals surface area contributed by atoms with Gasteiger partial charge in [-0.1, -0.05) is 19.1 Å². The van der Waals surface area contributed by atoms with Crippen LogP contribution in [0.25, 0.3) is 10.2 Å². The third-order valence-electron chi connectivity index (χ3n) is 4.92. The number of fused-ring (bicyclic) bond motifs is 2. The lowest BCUT2D eigenvalue weighted by Gasteiger charge is -2.25. The zero-order valence-electron chi connectivity index (χ0n) is 11.9. The second-order valence-corrected chi connectivity index (χ2v) is 7.18. The number of nitrogens with one attached hydrogen (secondary N) is 1. The van der Waals surface area contributed by atoms with Crippen LogP contribution in [0, 0.1) is 11.8 Å². The van der Waals surface area contributed by atoms with Gasteiger partial charge in [-0.3, -0.25) is 4.90 Å². The van der Waals surface area contributed by atoms with Crippen molar-refractivity contribution >= 4 is 21.6 Å². The second-order valence-electron chi connectivity index (χ2n) is 6.06. The first-order valence-corrected chi connectivity index (χ1v) is 8.46. The van der Waals surface area contributed by atoms with Gasteiger partial charge in [-0.05, 0) is 43.5 Å². The molecule has 0 aliphatic carbocycles. The predicted molar refractivity (Wildman–Crippen MR) is 84.0 cm³/mol. The van der Waals surface area contributed by atoms with Gasteiger partial charge in [0.25, 0.3) is 0 Å². The molecule has 2 aromatic rings. The zero-order valence-corrected chi connectivity index (χ0v) is 12.7. The Labute approximate surface area is 124 Å². The number of para-hydroxylation sites is 1. The highest BCUT2D eigenvalue weighted by Gasteiger charge is 2.43. The van der Waals surface area contributed by atoms with Crippen molar-refractivity contribution < 1.29 is 0 Å². The molecule has 3 atom stereocenters. The zero-order chi connectivity index (χ0) is 13.5. The highest BCUT2D eigenvalue weighted by molar-refractivity contribution is 7.18. The lowest BCUT2D eigenvalue weighted by molar-refractivity contribution is 0.210. The third kappa shape index (κ3) is 2.07. The van der Waals surface area contributed by atoms with E-state index in [2.05, 4.69) is 41.4 Å². The van der Waals surface area contributed by atoms with E-state index >= 15 is 0 Å². The number of benzene rings is 1. The van der Waals surface area contributed by atoms with Gasteiger partial charge in [-0.2, -0.15) is 0 Å². The maximum Gasteiger partial charge on any atom is 0.108 e. The van der Waals surface area contributed by atoms with Gasteiger partial charge < -0.3 is 5.32 Å². The van der Waals surface area contributed by atoms with Crippen LogP contribution < -0.4 is 5.32 Å². The monoisotopic (exact) mass is 287 g/mol. The van der Waals surface area contributed by atoms with Crippen molar-refractivity contribution in [1.29, 1.82) is 0 Å². The highest BCUT2D eigenvalue weighted by atomic mass is 32.1. The highest BCUT2D eigenvalue weighted by Crippen LogP contribution is 2.36. The van der Waals surface area contributed by atoms with Gasteiger partial charge in [0.1, 0.15) is 5.01 Å². The molecule has 4 rings (SSSR count). The van der Waals surface area contributed by atoms with E-state index in [9.17, 15) is 0 Å². The van der Waals surface area contributed by atoms with Crippen LogP contribution in [0.3, 0.4) is 0 Å². The molecule has 0 bridgehead atoms. The van der Waals surface area contributed by atoms with Crippen molar-refractivity contribution in [3.63, 3.8) is 0 Å². The summed E-state index contributed by atoms with van der Waals surface area (Å²) in [5, 5.41) is 4.83. The van der Waals surface area contributed by atoms with Gasteiger partial charge in [0.15, 0.2) is 0 Å². The summed E-state index contributed by atoms with van der Waals surface area (Å²) >= 11 is 1.86. The predicted octanol–water partition coefficient (Wildman–Crippen LogP) is 2.73. The first-order chi connectivity index (χ1) is 9.85. The number of rotatable bonds is 3. The number of likely N-dealkylation sites (tertiary alicyclic amines) is 1. The Morgan fingerprint density at radius 3 is 3.10 bits per heavy atom. The SMILES string of the molecule is CCC1C2CNCC2CN1Cc1nc2ccccc2s1. The van der Waals surface area contributed by atoms with Crippen LogP contribution in [-0.2, 0) is 6.54 Å². The van der Waals surface area contributed by atoms with E-state index in [1.165, 1.54) is 35.8 Å². The molecule has 2 aliphatic heterocycles. The standard InChI is InChI=1S/C16H21N3S/c1-2-14-12-8-17-7-11(12)9-19(14)10-16-18-13-5-3-4-6-15(13)20-16/h3-6,11-12,14,17H,2,7-10H2,1H3. The fraction of sp³-hybridized carbons (Fsp3) is 0.562. The number of hydrogen-bond acceptors (Lipinski definition) is 4. The number of thiazole rings is 1. The number of hydrogen-bond donors (Lipinski definition) is 1. The maximum absolute atomic E-state index is 4.80. The molecule has 20 heavy (non-hydrogen) atoms. The van der Waals surface area contributed by atoms with Gasteiger partial charge in [0.05, 0.1) is 16.8 Å². The lowest BCUT2D eigenvalue weighted by Crippen LogP contribution is -2.34. The average molecular weight is 287 g/mol. The molecule has 3 unspecified atom stereocenters. The van der Waals surface area contributed by atoms with Crippen LogP contribution in [-0.4, -0.2) is 35.6 Å². The van der Waals surface area contributed by atoms with E-state index in [0.717, 1.165) is 29.9 Å². The summed E-state index contributed by atoms with van der Waals surface area (Å²) in [6.07, 6.45) is 1.26. The fourth-order valence-corrected chi connectivity index (χ4v) is 5.01. The molecule has 0 amide bonds. The minimum Gasteiger partial charge on any atom is -0.316 e. The molecule has 1 aromatic heterocycles. The third-order valence-corrected chi connectivity index (χ3v) is 5.94. The van der Waals surface area contributed by atoms with E-state index in [1.54, 1.807) is 0 Å². The van der Waals surface area contributed by atoms with E-state index in [1.807, 2.05) is 11.3 Å². The van der Waals surface area contributed by atoms with Crippen molar-refractivity contribution in [3.05, 3.63) is 29.3 Å². The van der Waals surface area contributed by atoms with Crippen LogP contribution >= 0.6 is 11.3 Å². The minimum atomic E-state index is 0.738. The van der Waals surface area contributed by atoms with Crippen LogP contribution in [0.5, 0.6) is 0 Å². The van der Waals surface area contributed by atoms with Gasteiger partial charge in [0.2, 0.25) is 0 Å². The largest absolute Gasteiger partial charge is 0.316 e. The first kappa shape index (κ1) is 12.7. The van der Waals surface area contributed by atoms with Crippen LogP contribution in [0.2, 0.25) is 0 Å². The average Bonchev–Trinajstić information content (AvgIpc) is 3.11. The van der Waals surface area contributed by atoms with Gasteiger partial charge in [-0.15, -0.1) is 11.3 Å². The molecular weight excluding hydrogens is 266 g/mol. The summed E-state index contributed by atoms with van der Waals surface area (Å²) in [6, 6.07) is 9.21. The number of aromatic nitrogens is 1. The van der Waals surface area contributed by atoms with Crippen molar-refractivity contribution in [1.82, 2.24) is 15.2 Å². The molecule has 4 heteroatoms. The van der Waals surface area contributed by atoms with E-state index in [0.29, 0.717) is 0 Å². The van der Waals surface area contributed by atoms with E-state index in [4.69, 9.17) is 4.98 Å². The molecule has 2 fully saturated rings. The quantitative estimate of drug-likeness (QED) is 0.941. The second kappa shape index (κ2) is 5.10. The van der Waals surface area contributed by atoms with Crippen molar-refractivity contribution in [2.24, 2.45) is 11.8 Å². The smallest absolute Gasteiger partial charge is 0.108 e. The molecule has 0 spiro atoms. The number of nitrogens with zero attached hydrogens (tertiary/aromatic N) is 2. The fourth-order valence-electron chi connectivity index (χ4n) is 4.02. The Kier molecular flexibility index (Phi) is 3.25. The summed E-state index contributed by atoms with van der Waals surface area (Å²) in [5.74, 6) is 1.71. The summed E-state index contributed by atoms with van der Waals surface area (Å²) in [4.78, 5) is 7.47. The molecule has 3 heterocycles. The summed E-state index contributed by atoms with van der Waals surface area (Å²) in [6.45, 7) is 7.02. The van der Waals surface area contributed by atoms with E-state index in [-0.39, 0.29) is 0 Å². The Balaban J connectivity index is 1.56. The van der Waals surface area contributed by atoms with Crippen LogP contribution in [0.1, 0.15) is 18.4 Å².